The predicted octanol–water partition coefficient (Wildman–Crippen LogP) is 3.78. The van der Waals surface area contributed by atoms with Crippen LogP contribution in [-0.2, 0) is 0 Å². The van der Waals surface area contributed by atoms with Crippen molar-refractivity contribution >= 4 is 5.69 Å². The smallest absolute Gasteiger partial charge is 0.0819 e. The van der Waals surface area contributed by atoms with E-state index in [9.17, 15) is 5.11 Å². The molecule has 3 N–H and O–H groups in total. The summed E-state index contributed by atoms with van der Waals surface area (Å²) >= 11 is 0. The molecule has 1 saturated heterocycles. The second kappa shape index (κ2) is 7.16. The van der Waals surface area contributed by atoms with E-state index in [0.29, 0.717) is 12.0 Å². The van der Waals surface area contributed by atoms with Gasteiger partial charge in [-0.2, -0.15) is 0 Å². The van der Waals surface area contributed by atoms with Crippen LogP contribution in [0.25, 0.3) is 0 Å². The first-order valence-corrected chi connectivity index (χ1v) is 8.47. The Labute approximate surface area is 138 Å². The molecular weight excluding hydrogens is 284 g/mol. The lowest BCUT2D eigenvalue weighted by Gasteiger charge is -2.38. The predicted molar refractivity (Wildman–Crippen MR) is 95.0 cm³/mol. The number of benzene rings is 2. The zero-order valence-corrected chi connectivity index (χ0v) is 13.7. The van der Waals surface area contributed by atoms with E-state index in [1.807, 2.05) is 42.5 Å². The number of aliphatic hydroxyl groups is 1. The first-order chi connectivity index (χ1) is 11.1. The standard InChI is InChI=1S/C20H26N2O/c1-15(16-7-9-19(21)10-8-16)22-13-11-18(12-14-22)20(23)17-5-3-2-4-6-17/h2-10,15,18,20,23H,11-14,21H2,1H3. The fourth-order valence-corrected chi connectivity index (χ4v) is 3.53. The second-order valence-corrected chi connectivity index (χ2v) is 6.57. The zero-order chi connectivity index (χ0) is 16.2. The maximum Gasteiger partial charge on any atom is 0.0819 e. The van der Waals surface area contributed by atoms with Gasteiger partial charge >= 0.3 is 0 Å². The van der Waals surface area contributed by atoms with Crippen molar-refractivity contribution < 1.29 is 5.11 Å². The molecule has 3 nitrogen and oxygen atoms in total. The van der Waals surface area contributed by atoms with Crippen molar-refractivity contribution in [1.82, 2.24) is 4.90 Å². The Morgan fingerprint density at radius 2 is 1.57 bits per heavy atom. The lowest BCUT2D eigenvalue weighted by molar-refractivity contribution is 0.0472. The number of aliphatic hydroxyl groups excluding tert-OH is 1. The Morgan fingerprint density at radius 3 is 2.17 bits per heavy atom. The average Bonchev–Trinajstić information content (AvgIpc) is 2.62. The maximum atomic E-state index is 10.6. The van der Waals surface area contributed by atoms with Gasteiger partial charge in [0.25, 0.3) is 0 Å². The fraction of sp³-hybridized carbons (Fsp3) is 0.400. The molecule has 1 aliphatic heterocycles. The third-order valence-electron chi connectivity index (χ3n) is 5.13. The summed E-state index contributed by atoms with van der Waals surface area (Å²) in [5, 5.41) is 10.6. The number of hydrogen-bond donors (Lipinski definition) is 2. The normalized spacial score (nSPS) is 19.4. The van der Waals surface area contributed by atoms with Crippen molar-refractivity contribution in [3.63, 3.8) is 0 Å². The van der Waals surface area contributed by atoms with Crippen molar-refractivity contribution in [3.8, 4) is 0 Å². The monoisotopic (exact) mass is 310 g/mol. The van der Waals surface area contributed by atoms with Crippen LogP contribution in [0.5, 0.6) is 0 Å². The number of rotatable bonds is 4. The summed E-state index contributed by atoms with van der Waals surface area (Å²) in [7, 11) is 0. The van der Waals surface area contributed by atoms with Gasteiger partial charge in [0.1, 0.15) is 0 Å². The van der Waals surface area contributed by atoms with Crippen molar-refractivity contribution in [1.29, 1.82) is 0 Å². The summed E-state index contributed by atoms with van der Waals surface area (Å²) in [5.41, 5.74) is 8.93. The van der Waals surface area contributed by atoms with Crippen molar-refractivity contribution in [3.05, 3.63) is 65.7 Å². The summed E-state index contributed by atoms with van der Waals surface area (Å²) in [5.74, 6) is 0.354. The van der Waals surface area contributed by atoms with Gasteiger partial charge in [-0.3, -0.25) is 4.90 Å². The Hall–Kier alpha value is -1.84. The van der Waals surface area contributed by atoms with Crippen LogP contribution in [0, 0.1) is 5.92 Å². The van der Waals surface area contributed by atoms with Gasteiger partial charge in [0.15, 0.2) is 0 Å². The molecule has 2 unspecified atom stereocenters. The number of likely N-dealkylation sites (tertiary alicyclic amines) is 1. The van der Waals surface area contributed by atoms with Gasteiger partial charge in [-0.15, -0.1) is 0 Å². The first kappa shape index (κ1) is 16.0. The summed E-state index contributed by atoms with van der Waals surface area (Å²) < 4.78 is 0. The fourth-order valence-electron chi connectivity index (χ4n) is 3.53. The molecular formula is C20H26N2O. The first-order valence-electron chi connectivity index (χ1n) is 8.47. The van der Waals surface area contributed by atoms with E-state index in [1.54, 1.807) is 0 Å². The molecule has 23 heavy (non-hydrogen) atoms. The highest BCUT2D eigenvalue weighted by Crippen LogP contribution is 2.33. The van der Waals surface area contributed by atoms with Gasteiger partial charge in [-0.05, 0) is 62.0 Å². The van der Waals surface area contributed by atoms with E-state index in [2.05, 4.69) is 24.0 Å². The highest BCUT2D eigenvalue weighted by molar-refractivity contribution is 5.40. The Bertz CT molecular complexity index is 603. The van der Waals surface area contributed by atoms with Crippen molar-refractivity contribution in [2.75, 3.05) is 18.8 Å². The molecule has 0 aliphatic carbocycles. The molecule has 1 aliphatic rings. The van der Waals surface area contributed by atoms with Crippen LogP contribution in [0.3, 0.4) is 0 Å². The Morgan fingerprint density at radius 1 is 0.957 bits per heavy atom. The SMILES string of the molecule is CC(c1ccc(N)cc1)N1CCC(C(O)c2ccccc2)CC1. The number of piperidine rings is 1. The molecule has 0 bridgehead atoms. The minimum absolute atomic E-state index is 0.342. The highest BCUT2D eigenvalue weighted by atomic mass is 16.3. The highest BCUT2D eigenvalue weighted by Gasteiger charge is 2.28. The molecule has 1 heterocycles. The molecule has 3 rings (SSSR count). The van der Waals surface area contributed by atoms with Gasteiger partial charge in [0.05, 0.1) is 6.10 Å². The third kappa shape index (κ3) is 3.74. The van der Waals surface area contributed by atoms with Gasteiger partial charge < -0.3 is 10.8 Å². The minimum atomic E-state index is -0.342. The lowest BCUT2D eigenvalue weighted by atomic mass is 9.86. The minimum Gasteiger partial charge on any atom is -0.399 e. The lowest BCUT2D eigenvalue weighted by Crippen LogP contribution is -2.37. The molecule has 2 aromatic rings. The zero-order valence-electron chi connectivity index (χ0n) is 13.7. The van der Waals surface area contributed by atoms with Crippen LogP contribution in [0.2, 0.25) is 0 Å². The Balaban J connectivity index is 1.59. The van der Waals surface area contributed by atoms with E-state index in [1.165, 1.54) is 5.56 Å². The van der Waals surface area contributed by atoms with Crippen molar-refractivity contribution in [2.24, 2.45) is 5.92 Å². The molecule has 0 saturated carbocycles. The maximum absolute atomic E-state index is 10.6. The van der Waals surface area contributed by atoms with Crippen LogP contribution < -0.4 is 5.73 Å². The van der Waals surface area contributed by atoms with E-state index in [4.69, 9.17) is 5.73 Å². The van der Waals surface area contributed by atoms with E-state index in [0.717, 1.165) is 37.2 Å². The van der Waals surface area contributed by atoms with Crippen LogP contribution in [0.1, 0.15) is 43.0 Å². The number of anilines is 1. The number of nitrogens with zero attached hydrogens (tertiary/aromatic N) is 1. The van der Waals surface area contributed by atoms with E-state index in [-0.39, 0.29) is 6.10 Å². The molecule has 0 radical (unpaired) electrons. The molecule has 0 spiro atoms. The summed E-state index contributed by atoms with van der Waals surface area (Å²) in [6.07, 6.45) is 1.73. The molecule has 2 atom stereocenters. The molecule has 122 valence electrons. The van der Waals surface area contributed by atoms with Crippen LogP contribution in [0.4, 0.5) is 5.69 Å². The van der Waals surface area contributed by atoms with Gasteiger partial charge in [-0.25, -0.2) is 0 Å². The molecule has 0 aromatic heterocycles. The largest absolute Gasteiger partial charge is 0.399 e. The summed E-state index contributed by atoms with van der Waals surface area (Å²) in [6, 6.07) is 18.6. The second-order valence-electron chi connectivity index (χ2n) is 6.57. The van der Waals surface area contributed by atoms with E-state index >= 15 is 0 Å². The summed E-state index contributed by atoms with van der Waals surface area (Å²) in [4.78, 5) is 2.50. The molecule has 0 amide bonds. The van der Waals surface area contributed by atoms with Gasteiger partial charge in [-0.1, -0.05) is 42.5 Å². The number of nitrogen functional groups attached to an aromatic ring is 1. The topological polar surface area (TPSA) is 49.5 Å². The molecule has 1 fully saturated rings. The van der Waals surface area contributed by atoms with Gasteiger partial charge in [0.2, 0.25) is 0 Å². The van der Waals surface area contributed by atoms with Crippen molar-refractivity contribution in [2.45, 2.75) is 31.9 Å². The van der Waals surface area contributed by atoms with Crippen LogP contribution >= 0.6 is 0 Å². The number of hydrogen-bond acceptors (Lipinski definition) is 3. The Kier molecular flexibility index (Phi) is 4.99. The third-order valence-corrected chi connectivity index (χ3v) is 5.13. The number of nitrogens with two attached hydrogens (primary N) is 1. The van der Waals surface area contributed by atoms with E-state index < -0.39 is 0 Å². The van der Waals surface area contributed by atoms with Crippen LogP contribution in [-0.4, -0.2) is 23.1 Å². The van der Waals surface area contributed by atoms with Gasteiger partial charge in [0, 0.05) is 11.7 Å². The average molecular weight is 310 g/mol. The molecule has 3 heteroatoms. The quantitative estimate of drug-likeness (QED) is 0.845. The molecule has 2 aromatic carbocycles. The van der Waals surface area contributed by atoms with Crippen LogP contribution in [0.15, 0.2) is 54.6 Å². The summed E-state index contributed by atoms with van der Waals surface area (Å²) in [6.45, 7) is 4.31.